The Labute approximate surface area is 149 Å². The van der Waals surface area contributed by atoms with Gasteiger partial charge in [0.2, 0.25) is 0 Å². The summed E-state index contributed by atoms with van der Waals surface area (Å²) < 4.78 is 0. The van der Waals surface area contributed by atoms with E-state index in [1.165, 1.54) is 5.01 Å². The Morgan fingerprint density at radius 3 is 2.33 bits per heavy atom. The topological polar surface area (TPSA) is 49.4 Å². The minimum Gasteiger partial charge on any atom is -0.267 e. The predicted molar refractivity (Wildman–Crippen MR) is 97.4 cm³/mol. The van der Waals surface area contributed by atoms with Crippen LogP contribution in [0.4, 0.5) is 0 Å². The normalized spacial score (nSPS) is 10.5. The molecular weight excluding hydrogens is 324 g/mol. The molecule has 4 nitrogen and oxygen atoms in total. The molecule has 0 fully saturated rings. The number of halogens is 1. The number of hydrazine groups is 1. The van der Waals surface area contributed by atoms with Crippen LogP contribution in [0.25, 0.3) is 0 Å². The van der Waals surface area contributed by atoms with Gasteiger partial charge in [0, 0.05) is 17.0 Å². The van der Waals surface area contributed by atoms with Crippen molar-refractivity contribution in [3.05, 3.63) is 34.9 Å². The Bertz CT molecular complexity index is 621. The van der Waals surface area contributed by atoms with Crippen LogP contribution in [0, 0.1) is 11.8 Å². The third kappa shape index (κ3) is 6.64. The van der Waals surface area contributed by atoms with E-state index in [1.54, 1.807) is 24.3 Å². The Morgan fingerprint density at radius 1 is 1.17 bits per heavy atom. The molecule has 0 aliphatic heterocycles. The lowest BCUT2D eigenvalue weighted by Gasteiger charge is -2.34. The summed E-state index contributed by atoms with van der Waals surface area (Å²) >= 11 is 5.85. The van der Waals surface area contributed by atoms with Crippen LogP contribution in [-0.4, -0.2) is 22.4 Å². The summed E-state index contributed by atoms with van der Waals surface area (Å²) in [7, 11) is 0. The van der Waals surface area contributed by atoms with Crippen molar-refractivity contribution in [3.8, 4) is 11.8 Å². The molecule has 0 spiro atoms. The van der Waals surface area contributed by atoms with Gasteiger partial charge in [0.1, 0.15) is 0 Å². The Kier molecular flexibility index (Phi) is 7.81. The van der Waals surface area contributed by atoms with Gasteiger partial charge in [0.15, 0.2) is 0 Å². The lowest BCUT2D eigenvalue weighted by Crippen LogP contribution is -2.55. The average molecular weight is 349 g/mol. The van der Waals surface area contributed by atoms with Gasteiger partial charge in [-0.05, 0) is 57.4 Å². The number of nitrogens with one attached hydrogen (secondary N) is 1. The second kappa shape index (κ2) is 9.34. The van der Waals surface area contributed by atoms with E-state index in [0.717, 1.165) is 19.3 Å². The SMILES string of the molecule is CCCCCC#CC(=O)NN(C(=O)c1ccc(Cl)cc1)C(C)(C)C. The number of rotatable bonds is 4. The minimum atomic E-state index is -0.587. The van der Waals surface area contributed by atoms with Gasteiger partial charge in [-0.3, -0.25) is 15.0 Å². The fourth-order valence-electron chi connectivity index (χ4n) is 1.98. The zero-order valence-corrected chi connectivity index (χ0v) is 15.5. The van der Waals surface area contributed by atoms with E-state index in [1.807, 2.05) is 20.8 Å². The molecule has 0 atom stereocenters. The molecule has 0 aromatic heterocycles. The first kappa shape index (κ1) is 20.1. The second-order valence-electron chi connectivity index (χ2n) is 6.52. The van der Waals surface area contributed by atoms with Crippen LogP contribution in [0.3, 0.4) is 0 Å². The molecule has 0 radical (unpaired) electrons. The maximum Gasteiger partial charge on any atom is 0.314 e. The van der Waals surface area contributed by atoms with Crippen molar-refractivity contribution in [1.29, 1.82) is 0 Å². The van der Waals surface area contributed by atoms with E-state index in [2.05, 4.69) is 24.2 Å². The smallest absolute Gasteiger partial charge is 0.267 e. The highest BCUT2D eigenvalue weighted by Crippen LogP contribution is 2.17. The summed E-state index contributed by atoms with van der Waals surface area (Å²) in [6.07, 6.45) is 3.87. The van der Waals surface area contributed by atoms with Crippen molar-refractivity contribution in [2.75, 3.05) is 0 Å². The van der Waals surface area contributed by atoms with Gasteiger partial charge in [0.05, 0.1) is 5.54 Å². The molecule has 130 valence electrons. The molecule has 0 saturated carbocycles. The molecule has 0 saturated heterocycles. The largest absolute Gasteiger partial charge is 0.314 e. The first-order chi connectivity index (χ1) is 11.3. The van der Waals surface area contributed by atoms with Gasteiger partial charge in [-0.2, -0.15) is 0 Å². The molecule has 5 heteroatoms. The fourth-order valence-corrected chi connectivity index (χ4v) is 2.11. The first-order valence-electron chi connectivity index (χ1n) is 8.15. The van der Waals surface area contributed by atoms with E-state index in [-0.39, 0.29) is 5.91 Å². The molecule has 1 rings (SSSR count). The monoisotopic (exact) mass is 348 g/mol. The van der Waals surface area contributed by atoms with Crippen LogP contribution in [0.2, 0.25) is 5.02 Å². The Hall–Kier alpha value is -1.99. The molecular formula is C19H25ClN2O2. The summed E-state index contributed by atoms with van der Waals surface area (Å²) in [5.74, 6) is 4.60. The van der Waals surface area contributed by atoms with Crippen molar-refractivity contribution < 1.29 is 9.59 Å². The quantitative estimate of drug-likeness (QED) is 0.503. The zero-order valence-electron chi connectivity index (χ0n) is 14.8. The van der Waals surface area contributed by atoms with E-state index < -0.39 is 11.4 Å². The Balaban J connectivity index is 2.81. The maximum atomic E-state index is 12.7. The number of carbonyl (C=O) groups excluding carboxylic acids is 2. The van der Waals surface area contributed by atoms with Crippen LogP contribution < -0.4 is 5.43 Å². The van der Waals surface area contributed by atoms with Crippen molar-refractivity contribution in [2.45, 2.75) is 58.9 Å². The van der Waals surface area contributed by atoms with Crippen LogP contribution in [0.5, 0.6) is 0 Å². The van der Waals surface area contributed by atoms with Crippen molar-refractivity contribution in [2.24, 2.45) is 0 Å². The molecule has 1 aromatic carbocycles. The number of hydrogen-bond acceptors (Lipinski definition) is 2. The van der Waals surface area contributed by atoms with Crippen LogP contribution >= 0.6 is 11.6 Å². The molecule has 24 heavy (non-hydrogen) atoms. The van der Waals surface area contributed by atoms with Crippen molar-refractivity contribution >= 4 is 23.4 Å². The number of benzene rings is 1. The molecule has 0 bridgehead atoms. The summed E-state index contributed by atoms with van der Waals surface area (Å²) in [5, 5.41) is 1.86. The molecule has 1 N–H and O–H groups in total. The molecule has 0 unspecified atom stereocenters. The number of unbranched alkanes of at least 4 members (excludes halogenated alkanes) is 3. The minimum absolute atomic E-state index is 0.305. The van der Waals surface area contributed by atoms with E-state index in [9.17, 15) is 9.59 Å². The first-order valence-corrected chi connectivity index (χ1v) is 8.53. The van der Waals surface area contributed by atoms with Crippen LogP contribution in [-0.2, 0) is 4.79 Å². The third-order valence-electron chi connectivity index (χ3n) is 3.29. The van der Waals surface area contributed by atoms with E-state index in [4.69, 9.17) is 11.6 Å². The number of carbonyl (C=O) groups is 2. The van der Waals surface area contributed by atoms with Crippen LogP contribution in [0.1, 0.15) is 63.7 Å². The summed E-state index contributed by atoms with van der Waals surface area (Å²) in [5.41, 5.74) is 2.46. The summed E-state index contributed by atoms with van der Waals surface area (Å²) in [4.78, 5) is 24.7. The lowest BCUT2D eigenvalue weighted by atomic mass is 10.1. The van der Waals surface area contributed by atoms with Gasteiger partial charge in [0.25, 0.3) is 5.91 Å². The molecule has 0 aliphatic carbocycles. The van der Waals surface area contributed by atoms with Crippen molar-refractivity contribution in [3.63, 3.8) is 0 Å². The molecule has 0 aliphatic rings. The predicted octanol–water partition coefficient (Wildman–Crippen LogP) is 4.20. The number of nitrogens with zero attached hydrogens (tertiary/aromatic N) is 1. The standard InChI is InChI=1S/C19H25ClN2O2/c1-5-6-7-8-9-10-17(23)21-22(19(2,3)4)18(24)15-11-13-16(20)14-12-15/h11-14H,5-8H2,1-4H3,(H,21,23). The van der Waals surface area contributed by atoms with Gasteiger partial charge in [-0.25, -0.2) is 5.01 Å². The fraction of sp³-hybridized carbons (Fsp3) is 0.474. The van der Waals surface area contributed by atoms with E-state index >= 15 is 0 Å². The van der Waals surface area contributed by atoms with Gasteiger partial charge in [-0.15, -0.1) is 0 Å². The third-order valence-corrected chi connectivity index (χ3v) is 3.54. The number of hydrogen-bond donors (Lipinski definition) is 1. The van der Waals surface area contributed by atoms with Crippen LogP contribution in [0.15, 0.2) is 24.3 Å². The maximum absolute atomic E-state index is 12.7. The molecule has 2 amide bonds. The second-order valence-corrected chi connectivity index (χ2v) is 6.95. The highest BCUT2D eigenvalue weighted by atomic mass is 35.5. The van der Waals surface area contributed by atoms with Gasteiger partial charge >= 0.3 is 5.91 Å². The summed E-state index contributed by atoms with van der Waals surface area (Å²) in [6.45, 7) is 7.64. The van der Waals surface area contributed by atoms with Gasteiger partial charge in [-0.1, -0.05) is 37.3 Å². The summed E-state index contributed by atoms with van der Waals surface area (Å²) in [6, 6.07) is 6.55. The zero-order chi connectivity index (χ0) is 18.2. The van der Waals surface area contributed by atoms with E-state index in [0.29, 0.717) is 17.0 Å². The number of amides is 2. The van der Waals surface area contributed by atoms with Crippen molar-refractivity contribution in [1.82, 2.24) is 10.4 Å². The molecule has 1 aromatic rings. The Morgan fingerprint density at radius 2 is 1.79 bits per heavy atom. The average Bonchev–Trinajstić information content (AvgIpc) is 2.51. The van der Waals surface area contributed by atoms with Gasteiger partial charge < -0.3 is 0 Å². The molecule has 0 heterocycles. The lowest BCUT2D eigenvalue weighted by molar-refractivity contribution is -0.121. The highest BCUT2D eigenvalue weighted by molar-refractivity contribution is 6.30. The highest BCUT2D eigenvalue weighted by Gasteiger charge is 2.28.